The molecule has 0 unspecified atom stereocenters. The normalized spacial score (nSPS) is 12.1. The fourth-order valence-electron chi connectivity index (χ4n) is 5.16. The molecular formula is C37H43N3O4S. The van der Waals surface area contributed by atoms with Gasteiger partial charge in [0.1, 0.15) is 12.6 Å². The third-order valence-corrected chi connectivity index (χ3v) is 9.47. The van der Waals surface area contributed by atoms with Crippen LogP contribution in [0.5, 0.6) is 0 Å². The van der Waals surface area contributed by atoms with E-state index < -0.39 is 28.5 Å². The van der Waals surface area contributed by atoms with Crippen molar-refractivity contribution < 1.29 is 18.0 Å². The van der Waals surface area contributed by atoms with Crippen molar-refractivity contribution >= 4 is 27.5 Å². The molecule has 8 heteroatoms. The van der Waals surface area contributed by atoms with E-state index in [4.69, 9.17) is 0 Å². The molecule has 4 aromatic carbocycles. The van der Waals surface area contributed by atoms with Gasteiger partial charge in [-0.15, -0.1) is 0 Å². The Hall–Kier alpha value is -4.43. The predicted octanol–water partition coefficient (Wildman–Crippen LogP) is 6.28. The fraction of sp³-hybridized carbons (Fsp3) is 0.297. The lowest BCUT2D eigenvalue weighted by Gasteiger charge is -2.34. The van der Waals surface area contributed by atoms with E-state index in [-0.39, 0.29) is 29.8 Å². The van der Waals surface area contributed by atoms with Gasteiger partial charge < -0.3 is 10.2 Å². The van der Waals surface area contributed by atoms with Gasteiger partial charge in [0.25, 0.3) is 10.0 Å². The first-order chi connectivity index (χ1) is 21.3. The minimum Gasteiger partial charge on any atom is -0.352 e. The van der Waals surface area contributed by atoms with Crippen LogP contribution in [0.15, 0.2) is 102 Å². The molecule has 1 atom stereocenters. The lowest BCUT2D eigenvalue weighted by Crippen LogP contribution is -2.54. The number of sulfonamides is 1. The maximum absolute atomic E-state index is 14.6. The molecule has 0 aliphatic heterocycles. The molecule has 0 spiro atoms. The molecule has 0 bridgehead atoms. The lowest BCUT2D eigenvalue weighted by molar-refractivity contribution is -0.140. The van der Waals surface area contributed by atoms with Crippen LogP contribution in [0.2, 0.25) is 0 Å². The number of hydrogen-bond acceptors (Lipinski definition) is 4. The largest absolute Gasteiger partial charge is 0.352 e. The van der Waals surface area contributed by atoms with Crippen LogP contribution in [0.25, 0.3) is 0 Å². The zero-order valence-electron chi connectivity index (χ0n) is 26.9. The van der Waals surface area contributed by atoms with Crippen molar-refractivity contribution in [3.8, 4) is 0 Å². The Morgan fingerprint density at radius 2 is 1.31 bits per heavy atom. The van der Waals surface area contributed by atoms with Gasteiger partial charge in [0.15, 0.2) is 0 Å². The fourth-order valence-corrected chi connectivity index (χ4v) is 6.63. The SMILES string of the molecule is Cc1ccc(CN(C(=O)CN(c2cc(C)ccc2C)S(=O)(=O)c2ccc(C)cc2)[C@H](Cc2ccccc2)C(=O)NC(C)C)cc1. The van der Waals surface area contributed by atoms with E-state index in [0.29, 0.717) is 11.3 Å². The molecule has 0 aliphatic rings. The number of hydrogen-bond donors (Lipinski definition) is 1. The maximum atomic E-state index is 14.6. The van der Waals surface area contributed by atoms with E-state index in [1.165, 1.54) is 9.21 Å². The monoisotopic (exact) mass is 625 g/mol. The molecule has 0 radical (unpaired) electrons. The number of rotatable bonds is 12. The van der Waals surface area contributed by atoms with Crippen LogP contribution in [-0.4, -0.2) is 43.8 Å². The minimum absolute atomic E-state index is 0.0882. The van der Waals surface area contributed by atoms with Crippen molar-refractivity contribution in [1.29, 1.82) is 0 Å². The summed E-state index contributed by atoms with van der Waals surface area (Å²) in [7, 11) is -4.16. The molecule has 0 fully saturated rings. The minimum atomic E-state index is -4.16. The second-order valence-corrected chi connectivity index (χ2v) is 13.9. The Kier molecular flexibility index (Phi) is 10.8. The van der Waals surface area contributed by atoms with Crippen molar-refractivity contribution in [2.45, 2.75) is 71.5 Å². The molecular weight excluding hydrogens is 582 g/mol. The summed E-state index contributed by atoms with van der Waals surface area (Å²) in [4.78, 5) is 30.0. The average molecular weight is 626 g/mol. The van der Waals surface area contributed by atoms with E-state index in [1.807, 2.05) is 108 Å². The first-order valence-corrected chi connectivity index (χ1v) is 16.6. The Morgan fingerprint density at radius 1 is 0.733 bits per heavy atom. The van der Waals surface area contributed by atoms with Crippen molar-refractivity contribution in [2.75, 3.05) is 10.8 Å². The number of carbonyl (C=O) groups is 2. The van der Waals surface area contributed by atoms with E-state index >= 15 is 0 Å². The summed E-state index contributed by atoms with van der Waals surface area (Å²) in [5.74, 6) is -0.777. The average Bonchev–Trinajstić information content (AvgIpc) is 3.00. The lowest BCUT2D eigenvalue weighted by atomic mass is 10.0. The molecule has 7 nitrogen and oxygen atoms in total. The van der Waals surface area contributed by atoms with Gasteiger partial charge in [-0.05, 0) is 82.0 Å². The second-order valence-electron chi connectivity index (χ2n) is 12.0. The Balaban J connectivity index is 1.83. The van der Waals surface area contributed by atoms with Gasteiger partial charge in [0.05, 0.1) is 10.6 Å². The van der Waals surface area contributed by atoms with Crippen molar-refractivity contribution in [2.24, 2.45) is 0 Å². The number of benzene rings is 4. The number of nitrogens with one attached hydrogen (secondary N) is 1. The highest BCUT2D eigenvalue weighted by Crippen LogP contribution is 2.29. The summed E-state index contributed by atoms with van der Waals surface area (Å²) in [6, 6.07) is 28.5. The van der Waals surface area contributed by atoms with Gasteiger partial charge in [-0.1, -0.05) is 90.0 Å². The van der Waals surface area contributed by atoms with Crippen LogP contribution in [0.1, 0.15) is 47.2 Å². The molecule has 1 N–H and O–H groups in total. The highest BCUT2D eigenvalue weighted by Gasteiger charge is 2.35. The third-order valence-electron chi connectivity index (χ3n) is 7.70. The first-order valence-electron chi connectivity index (χ1n) is 15.2. The van der Waals surface area contributed by atoms with Crippen molar-refractivity contribution in [3.05, 3.63) is 130 Å². The number of nitrogens with zero attached hydrogens (tertiary/aromatic N) is 2. The Labute approximate surface area is 268 Å². The van der Waals surface area contributed by atoms with E-state index in [0.717, 1.165) is 27.8 Å². The number of aryl methyl sites for hydroxylation is 4. The molecule has 45 heavy (non-hydrogen) atoms. The second kappa shape index (κ2) is 14.6. The van der Waals surface area contributed by atoms with Gasteiger partial charge in [-0.25, -0.2) is 8.42 Å². The zero-order chi connectivity index (χ0) is 32.7. The number of carbonyl (C=O) groups excluding carboxylic acids is 2. The molecule has 0 saturated heterocycles. The van der Waals surface area contributed by atoms with Crippen LogP contribution in [0.4, 0.5) is 5.69 Å². The quantitative estimate of drug-likeness (QED) is 0.201. The topological polar surface area (TPSA) is 86.8 Å². The highest BCUT2D eigenvalue weighted by atomic mass is 32.2. The summed E-state index contributed by atoms with van der Waals surface area (Å²) >= 11 is 0. The van der Waals surface area contributed by atoms with Gasteiger partial charge in [0, 0.05) is 19.0 Å². The summed E-state index contributed by atoms with van der Waals surface area (Å²) in [6.07, 6.45) is 0.269. The van der Waals surface area contributed by atoms with E-state index in [2.05, 4.69) is 5.32 Å². The van der Waals surface area contributed by atoms with Crippen LogP contribution >= 0.6 is 0 Å². The standard InChI is InChI=1S/C37H43N3O4S/c1-26(2)38-37(42)35(23-31-10-8-7-9-11-31)39(24-32-18-13-27(3)14-19-32)36(41)25-40(34-22-29(5)12-17-30(34)6)45(43,44)33-20-15-28(4)16-21-33/h7-22,26,35H,23-25H2,1-6H3,(H,38,42)/t35-/m1/s1. The van der Waals surface area contributed by atoms with Crippen molar-refractivity contribution in [3.63, 3.8) is 0 Å². The Bertz CT molecular complexity index is 1720. The number of amides is 2. The number of anilines is 1. The zero-order valence-corrected chi connectivity index (χ0v) is 27.8. The summed E-state index contributed by atoms with van der Waals surface area (Å²) < 4.78 is 29.7. The molecule has 0 saturated carbocycles. The Morgan fingerprint density at radius 3 is 1.91 bits per heavy atom. The molecule has 2 amide bonds. The molecule has 4 aromatic rings. The molecule has 236 valence electrons. The van der Waals surface area contributed by atoms with Crippen LogP contribution in [-0.2, 0) is 32.6 Å². The van der Waals surface area contributed by atoms with Gasteiger partial charge in [-0.3, -0.25) is 13.9 Å². The molecule has 0 aromatic heterocycles. The maximum Gasteiger partial charge on any atom is 0.264 e. The smallest absolute Gasteiger partial charge is 0.264 e. The summed E-state index contributed by atoms with van der Waals surface area (Å²) in [6.45, 7) is 11.0. The van der Waals surface area contributed by atoms with Gasteiger partial charge in [0.2, 0.25) is 11.8 Å². The molecule has 0 heterocycles. The van der Waals surface area contributed by atoms with Gasteiger partial charge >= 0.3 is 0 Å². The van der Waals surface area contributed by atoms with E-state index in [9.17, 15) is 18.0 Å². The summed E-state index contributed by atoms with van der Waals surface area (Å²) in [5.41, 5.74) is 5.72. The molecule has 0 aliphatic carbocycles. The van der Waals surface area contributed by atoms with Gasteiger partial charge in [-0.2, -0.15) is 0 Å². The summed E-state index contributed by atoms with van der Waals surface area (Å²) in [5, 5.41) is 2.99. The first kappa shape index (κ1) is 33.5. The molecule has 4 rings (SSSR count). The van der Waals surface area contributed by atoms with Crippen LogP contribution in [0, 0.1) is 27.7 Å². The van der Waals surface area contributed by atoms with Crippen molar-refractivity contribution in [1.82, 2.24) is 10.2 Å². The highest BCUT2D eigenvalue weighted by molar-refractivity contribution is 7.92. The van der Waals surface area contributed by atoms with E-state index in [1.54, 1.807) is 30.3 Å². The van der Waals surface area contributed by atoms with Crippen LogP contribution in [0.3, 0.4) is 0 Å². The van der Waals surface area contributed by atoms with Crippen LogP contribution < -0.4 is 9.62 Å². The predicted molar refractivity (Wildman–Crippen MR) is 181 cm³/mol. The third kappa shape index (κ3) is 8.60.